The fraction of sp³-hybridized carbons (Fsp3) is 0.625. The van der Waals surface area contributed by atoms with Crippen LogP contribution in [-0.4, -0.2) is 33.7 Å². The second-order valence-corrected chi connectivity index (χ2v) is 5.34. The zero-order valence-electron chi connectivity index (χ0n) is 8.60. The molecule has 1 aromatic heterocycles. The summed E-state index contributed by atoms with van der Waals surface area (Å²) in [6.07, 6.45) is 2.05. The standard InChI is InChI=1S/C8H13N3O2S2/c1-8(9,6(12)13-2)3-4-14-7-10-5-11-15-7/h5H,3-4,9H2,1-2H3. The maximum Gasteiger partial charge on any atom is 0.325 e. The third kappa shape index (κ3) is 3.77. The van der Waals surface area contributed by atoms with Crippen LogP contribution in [-0.2, 0) is 9.53 Å². The van der Waals surface area contributed by atoms with Crippen molar-refractivity contribution < 1.29 is 9.53 Å². The quantitative estimate of drug-likeness (QED) is 0.615. The molecule has 0 amide bonds. The number of ether oxygens (including phenoxy) is 1. The minimum absolute atomic E-state index is 0.389. The van der Waals surface area contributed by atoms with E-state index in [1.807, 2.05) is 0 Å². The van der Waals surface area contributed by atoms with Crippen LogP contribution >= 0.6 is 23.3 Å². The molecule has 84 valence electrons. The molecule has 1 atom stereocenters. The van der Waals surface area contributed by atoms with Crippen molar-refractivity contribution in [3.8, 4) is 0 Å². The number of aromatic nitrogens is 2. The van der Waals surface area contributed by atoms with Gasteiger partial charge in [0.1, 0.15) is 11.9 Å². The van der Waals surface area contributed by atoms with Gasteiger partial charge in [0.15, 0.2) is 4.34 Å². The lowest BCUT2D eigenvalue weighted by molar-refractivity contribution is -0.146. The first kappa shape index (κ1) is 12.4. The number of carbonyl (C=O) groups is 1. The van der Waals surface area contributed by atoms with Gasteiger partial charge in [0, 0.05) is 5.75 Å². The molecule has 1 rings (SSSR count). The van der Waals surface area contributed by atoms with Crippen LogP contribution in [0.5, 0.6) is 0 Å². The van der Waals surface area contributed by atoms with E-state index in [0.717, 1.165) is 10.1 Å². The molecule has 0 aliphatic rings. The molecule has 0 saturated carbocycles. The van der Waals surface area contributed by atoms with Crippen molar-refractivity contribution in [2.24, 2.45) is 5.73 Å². The van der Waals surface area contributed by atoms with Gasteiger partial charge < -0.3 is 10.5 Å². The van der Waals surface area contributed by atoms with Crippen molar-refractivity contribution in [1.29, 1.82) is 0 Å². The molecule has 0 radical (unpaired) electrons. The Morgan fingerprint density at radius 3 is 3.07 bits per heavy atom. The van der Waals surface area contributed by atoms with Crippen molar-refractivity contribution in [3.63, 3.8) is 0 Å². The molecule has 0 saturated heterocycles. The molecule has 0 aromatic carbocycles. The third-order valence-electron chi connectivity index (χ3n) is 1.84. The van der Waals surface area contributed by atoms with Gasteiger partial charge in [0.25, 0.3) is 0 Å². The molecule has 2 N–H and O–H groups in total. The maximum absolute atomic E-state index is 11.2. The highest BCUT2D eigenvalue weighted by atomic mass is 32.2. The van der Waals surface area contributed by atoms with E-state index < -0.39 is 5.54 Å². The first-order valence-electron chi connectivity index (χ1n) is 4.33. The number of hydrogen-bond acceptors (Lipinski definition) is 7. The lowest BCUT2D eigenvalue weighted by Gasteiger charge is -2.20. The minimum atomic E-state index is -0.924. The van der Waals surface area contributed by atoms with Crippen molar-refractivity contribution >= 4 is 29.3 Å². The van der Waals surface area contributed by atoms with Gasteiger partial charge in [-0.1, -0.05) is 11.8 Å². The SMILES string of the molecule is COC(=O)C(C)(N)CCSc1ncns1. The molecule has 0 aliphatic carbocycles. The fourth-order valence-corrected chi connectivity index (χ4v) is 2.60. The zero-order chi connectivity index (χ0) is 11.3. The van der Waals surface area contributed by atoms with E-state index in [2.05, 4.69) is 14.1 Å². The number of esters is 1. The van der Waals surface area contributed by atoms with Crippen LogP contribution in [0.2, 0.25) is 0 Å². The second-order valence-electron chi connectivity index (χ2n) is 3.21. The summed E-state index contributed by atoms with van der Waals surface area (Å²) < 4.78 is 9.36. The average molecular weight is 247 g/mol. The molecule has 0 fully saturated rings. The highest BCUT2D eigenvalue weighted by molar-refractivity contribution is 8.00. The molecule has 1 heterocycles. The monoisotopic (exact) mass is 247 g/mol. The number of nitrogens with two attached hydrogens (primary N) is 1. The first-order valence-corrected chi connectivity index (χ1v) is 6.09. The van der Waals surface area contributed by atoms with Gasteiger partial charge in [-0.15, -0.1) is 0 Å². The molecular formula is C8H13N3O2S2. The highest BCUT2D eigenvalue weighted by Gasteiger charge is 2.28. The third-order valence-corrected chi connectivity index (χ3v) is 3.64. The maximum atomic E-state index is 11.2. The molecule has 0 spiro atoms. The van der Waals surface area contributed by atoms with E-state index in [1.165, 1.54) is 36.7 Å². The van der Waals surface area contributed by atoms with Crippen LogP contribution in [0, 0.1) is 0 Å². The Kier molecular flexibility index (Phi) is 4.49. The second kappa shape index (κ2) is 5.43. The number of thioether (sulfide) groups is 1. The van der Waals surface area contributed by atoms with E-state index in [1.54, 1.807) is 6.92 Å². The summed E-state index contributed by atoms with van der Waals surface area (Å²) in [6, 6.07) is 0. The van der Waals surface area contributed by atoms with E-state index >= 15 is 0 Å². The number of hydrogen-bond donors (Lipinski definition) is 1. The molecular weight excluding hydrogens is 234 g/mol. The summed E-state index contributed by atoms with van der Waals surface area (Å²) >= 11 is 2.87. The van der Waals surface area contributed by atoms with Gasteiger partial charge in [-0.3, -0.25) is 4.79 Å². The normalized spacial score (nSPS) is 14.6. The van der Waals surface area contributed by atoms with Crippen LogP contribution in [0.1, 0.15) is 13.3 Å². The smallest absolute Gasteiger partial charge is 0.325 e. The van der Waals surface area contributed by atoms with Gasteiger partial charge >= 0.3 is 5.97 Å². The van der Waals surface area contributed by atoms with Gasteiger partial charge in [0.2, 0.25) is 0 Å². The van der Waals surface area contributed by atoms with Gasteiger partial charge in [0.05, 0.1) is 7.11 Å². The van der Waals surface area contributed by atoms with Crippen LogP contribution < -0.4 is 5.73 Å². The van der Waals surface area contributed by atoms with Gasteiger partial charge in [-0.25, -0.2) is 4.98 Å². The Hall–Kier alpha value is -0.660. The highest BCUT2D eigenvalue weighted by Crippen LogP contribution is 2.21. The fourth-order valence-electron chi connectivity index (χ4n) is 0.912. The Morgan fingerprint density at radius 1 is 1.80 bits per heavy atom. The van der Waals surface area contributed by atoms with Crippen LogP contribution in [0.15, 0.2) is 10.7 Å². The Bertz CT molecular complexity index is 314. The van der Waals surface area contributed by atoms with Gasteiger partial charge in [-0.05, 0) is 24.9 Å². The summed E-state index contributed by atoms with van der Waals surface area (Å²) in [7, 11) is 1.34. The molecule has 1 unspecified atom stereocenters. The van der Waals surface area contributed by atoms with Crippen molar-refractivity contribution in [3.05, 3.63) is 6.33 Å². The molecule has 0 aliphatic heterocycles. The summed E-state index contributed by atoms with van der Waals surface area (Å²) in [5, 5.41) is 0. The van der Waals surface area contributed by atoms with Gasteiger partial charge in [-0.2, -0.15) is 4.37 Å². The van der Waals surface area contributed by atoms with Crippen molar-refractivity contribution in [2.45, 2.75) is 23.2 Å². The topological polar surface area (TPSA) is 78.1 Å². The summed E-state index contributed by atoms with van der Waals surface area (Å²) in [5.41, 5.74) is 4.87. The molecule has 7 heteroatoms. The van der Waals surface area contributed by atoms with Crippen LogP contribution in [0.4, 0.5) is 0 Å². The van der Waals surface area contributed by atoms with E-state index in [4.69, 9.17) is 5.73 Å². The Balaban J connectivity index is 2.33. The largest absolute Gasteiger partial charge is 0.468 e. The Labute approximate surface area is 96.6 Å². The number of rotatable bonds is 5. The predicted octanol–water partition coefficient (Wildman–Crippen LogP) is 0.911. The Morgan fingerprint density at radius 2 is 2.53 bits per heavy atom. The van der Waals surface area contributed by atoms with Crippen molar-refractivity contribution in [2.75, 3.05) is 12.9 Å². The molecule has 1 aromatic rings. The average Bonchev–Trinajstić information content (AvgIpc) is 2.69. The van der Waals surface area contributed by atoms with E-state index in [-0.39, 0.29) is 5.97 Å². The number of nitrogens with zero attached hydrogens (tertiary/aromatic N) is 2. The first-order chi connectivity index (χ1) is 7.06. The summed E-state index contributed by atoms with van der Waals surface area (Å²) in [6.45, 7) is 1.67. The van der Waals surface area contributed by atoms with Crippen LogP contribution in [0.3, 0.4) is 0 Å². The predicted molar refractivity (Wildman–Crippen MR) is 59.9 cm³/mol. The van der Waals surface area contributed by atoms with Crippen molar-refractivity contribution in [1.82, 2.24) is 9.36 Å². The minimum Gasteiger partial charge on any atom is -0.468 e. The van der Waals surface area contributed by atoms with E-state index in [9.17, 15) is 4.79 Å². The zero-order valence-corrected chi connectivity index (χ0v) is 10.2. The van der Waals surface area contributed by atoms with E-state index in [0.29, 0.717) is 6.42 Å². The van der Waals surface area contributed by atoms with Crippen LogP contribution in [0.25, 0.3) is 0 Å². The summed E-state index contributed by atoms with van der Waals surface area (Å²) in [5.74, 6) is 0.331. The number of carbonyl (C=O) groups excluding carboxylic acids is 1. The summed E-state index contributed by atoms with van der Waals surface area (Å²) in [4.78, 5) is 15.3. The molecule has 5 nitrogen and oxygen atoms in total. The lowest BCUT2D eigenvalue weighted by Crippen LogP contribution is -2.46. The molecule has 15 heavy (non-hydrogen) atoms. The number of methoxy groups -OCH3 is 1. The lowest BCUT2D eigenvalue weighted by atomic mass is 10.0. The molecule has 0 bridgehead atoms.